The molecule has 0 amide bonds. The molecule has 0 saturated heterocycles. The lowest BCUT2D eigenvalue weighted by atomic mass is 10.00. The number of aryl methyl sites for hydroxylation is 1. The van der Waals surface area contributed by atoms with Gasteiger partial charge < -0.3 is 15.0 Å². The summed E-state index contributed by atoms with van der Waals surface area (Å²) in [6.45, 7) is 4.93. The predicted octanol–water partition coefficient (Wildman–Crippen LogP) is 4.33. The van der Waals surface area contributed by atoms with Crippen molar-refractivity contribution in [1.82, 2.24) is 19.7 Å². The molecule has 4 rings (SSSR count). The van der Waals surface area contributed by atoms with E-state index in [0.29, 0.717) is 17.9 Å². The molecule has 4 aromatic rings. The van der Waals surface area contributed by atoms with Crippen molar-refractivity contribution >= 4 is 22.7 Å². The molecule has 0 unspecified atom stereocenters. The molecule has 0 aliphatic rings. The maximum absolute atomic E-state index is 12.2. The van der Waals surface area contributed by atoms with Crippen molar-refractivity contribution in [3.63, 3.8) is 0 Å². The van der Waals surface area contributed by atoms with E-state index in [2.05, 4.69) is 28.3 Å². The number of H-pyrrole nitrogens is 1. The topological polar surface area (TPSA) is 84.8 Å². The van der Waals surface area contributed by atoms with Crippen molar-refractivity contribution in [2.45, 2.75) is 20.4 Å². The third-order valence-electron chi connectivity index (χ3n) is 4.83. The normalized spacial score (nSPS) is 11.0. The molecule has 0 spiro atoms. The molecule has 1 aromatic carbocycles. The first-order valence-electron chi connectivity index (χ1n) is 9.65. The molecule has 3 heterocycles. The van der Waals surface area contributed by atoms with E-state index >= 15 is 0 Å². The van der Waals surface area contributed by atoms with Crippen molar-refractivity contribution in [2.75, 3.05) is 19.0 Å². The highest BCUT2D eigenvalue weighted by Gasteiger charge is 2.19. The lowest BCUT2D eigenvalue weighted by Gasteiger charge is -2.06. The van der Waals surface area contributed by atoms with Crippen molar-refractivity contribution in [3.05, 3.63) is 54.5 Å². The molecule has 3 aromatic heterocycles. The van der Waals surface area contributed by atoms with Gasteiger partial charge in [-0.15, -0.1) is 0 Å². The van der Waals surface area contributed by atoms with E-state index in [4.69, 9.17) is 9.84 Å². The fourth-order valence-corrected chi connectivity index (χ4v) is 3.40. The highest BCUT2D eigenvalue weighted by atomic mass is 16.5. The molecule has 29 heavy (non-hydrogen) atoms. The number of aromatic nitrogens is 4. The van der Waals surface area contributed by atoms with E-state index in [1.165, 1.54) is 0 Å². The first-order valence-corrected chi connectivity index (χ1v) is 9.65. The molecular weight excluding hydrogens is 366 g/mol. The lowest BCUT2D eigenvalue weighted by molar-refractivity contribution is 0.0520. The van der Waals surface area contributed by atoms with Crippen molar-refractivity contribution in [2.24, 2.45) is 0 Å². The van der Waals surface area contributed by atoms with E-state index in [0.717, 1.165) is 40.0 Å². The molecule has 0 radical (unpaired) electrons. The smallest absolute Gasteiger partial charge is 0.354 e. The van der Waals surface area contributed by atoms with Gasteiger partial charge in [-0.2, -0.15) is 5.10 Å². The molecule has 2 N–H and O–H groups in total. The molecule has 0 bridgehead atoms. The van der Waals surface area contributed by atoms with Crippen LogP contribution in [0, 0.1) is 0 Å². The van der Waals surface area contributed by atoms with E-state index in [-0.39, 0.29) is 5.97 Å². The number of benzene rings is 1. The maximum Gasteiger partial charge on any atom is 0.354 e. The van der Waals surface area contributed by atoms with Gasteiger partial charge in [-0.1, -0.05) is 12.1 Å². The van der Waals surface area contributed by atoms with Crippen LogP contribution in [0.3, 0.4) is 0 Å². The largest absolute Gasteiger partial charge is 0.461 e. The van der Waals surface area contributed by atoms with E-state index in [9.17, 15) is 4.79 Å². The number of rotatable bonds is 6. The van der Waals surface area contributed by atoms with Gasteiger partial charge in [0.2, 0.25) is 0 Å². The Hall–Kier alpha value is -3.61. The molecule has 0 aliphatic carbocycles. The predicted molar refractivity (Wildman–Crippen MR) is 114 cm³/mol. The standard InChI is InChI=1S/C22H23N5O2/c1-4-27-13-18(20(26-27)14-7-6-8-15(11-14)23-3)16-9-10-24-21-17(16)12-19(25-21)22(28)29-5-2/h6-13,23H,4-5H2,1-3H3,(H,24,25). The van der Waals surface area contributed by atoms with Crippen LogP contribution >= 0.6 is 0 Å². The summed E-state index contributed by atoms with van der Waals surface area (Å²) in [6, 6.07) is 11.9. The highest BCUT2D eigenvalue weighted by molar-refractivity contribution is 6.01. The van der Waals surface area contributed by atoms with E-state index < -0.39 is 0 Å². The minimum absolute atomic E-state index is 0.323. The number of hydrogen-bond acceptors (Lipinski definition) is 5. The van der Waals surface area contributed by atoms with Gasteiger partial charge >= 0.3 is 5.97 Å². The van der Waals surface area contributed by atoms with E-state index in [1.807, 2.05) is 42.2 Å². The van der Waals surface area contributed by atoms with Crippen LogP contribution in [-0.2, 0) is 11.3 Å². The number of carbonyl (C=O) groups is 1. The summed E-state index contributed by atoms with van der Waals surface area (Å²) < 4.78 is 7.04. The second-order valence-corrected chi connectivity index (χ2v) is 6.60. The van der Waals surface area contributed by atoms with Gasteiger partial charge in [-0.05, 0) is 43.7 Å². The number of aromatic amines is 1. The molecule has 0 saturated carbocycles. The molecule has 7 heteroatoms. The average Bonchev–Trinajstić information content (AvgIpc) is 3.38. The maximum atomic E-state index is 12.2. The van der Waals surface area contributed by atoms with Gasteiger partial charge in [-0.25, -0.2) is 9.78 Å². The SMILES string of the molecule is CCOC(=O)c1cc2c(-c3cn(CC)nc3-c3cccc(NC)c3)ccnc2[nH]1. The molecule has 7 nitrogen and oxygen atoms in total. The number of ether oxygens (including phenoxy) is 1. The molecule has 0 atom stereocenters. The Morgan fingerprint density at radius 1 is 1.21 bits per heavy atom. The van der Waals surface area contributed by atoms with Gasteiger partial charge in [-0.3, -0.25) is 4.68 Å². The van der Waals surface area contributed by atoms with Gasteiger partial charge in [0.05, 0.1) is 6.61 Å². The van der Waals surface area contributed by atoms with Gasteiger partial charge in [0.15, 0.2) is 0 Å². The third kappa shape index (κ3) is 3.47. The average molecular weight is 389 g/mol. The van der Waals surface area contributed by atoms with Crippen LogP contribution in [0.1, 0.15) is 24.3 Å². The Labute approximate surface area is 168 Å². The van der Waals surface area contributed by atoms with Crippen molar-refractivity contribution in [3.8, 4) is 22.4 Å². The zero-order valence-corrected chi connectivity index (χ0v) is 16.7. The number of hydrogen-bond donors (Lipinski definition) is 2. The van der Waals surface area contributed by atoms with Crippen molar-refractivity contribution < 1.29 is 9.53 Å². The van der Waals surface area contributed by atoms with Gasteiger partial charge in [0.25, 0.3) is 0 Å². The van der Waals surface area contributed by atoms with Gasteiger partial charge in [0, 0.05) is 48.2 Å². The number of fused-ring (bicyclic) bond motifs is 1. The van der Waals surface area contributed by atoms with Crippen LogP contribution in [-0.4, -0.2) is 39.4 Å². The number of esters is 1. The Bertz CT molecular complexity index is 1180. The third-order valence-corrected chi connectivity index (χ3v) is 4.83. The molecule has 148 valence electrons. The lowest BCUT2D eigenvalue weighted by Crippen LogP contribution is -2.04. The minimum atomic E-state index is -0.386. The molecule has 0 aliphatic heterocycles. The number of carbonyl (C=O) groups excluding carboxylic acids is 1. The van der Waals surface area contributed by atoms with Crippen molar-refractivity contribution in [1.29, 1.82) is 0 Å². The van der Waals surface area contributed by atoms with Crippen LogP contribution in [0.25, 0.3) is 33.4 Å². The summed E-state index contributed by atoms with van der Waals surface area (Å²) in [7, 11) is 1.90. The zero-order chi connectivity index (χ0) is 20.4. The quantitative estimate of drug-likeness (QED) is 0.480. The Morgan fingerprint density at radius 2 is 2.07 bits per heavy atom. The van der Waals surface area contributed by atoms with Gasteiger partial charge in [0.1, 0.15) is 17.0 Å². The summed E-state index contributed by atoms with van der Waals surface area (Å²) in [5.74, 6) is -0.386. The Kier molecular flexibility index (Phi) is 5.03. The molecular formula is C22H23N5O2. The first kappa shape index (κ1) is 18.7. The summed E-state index contributed by atoms with van der Waals surface area (Å²) in [5.41, 5.74) is 5.91. The van der Waals surface area contributed by atoms with Crippen LogP contribution in [0.2, 0.25) is 0 Å². The van der Waals surface area contributed by atoms with Crippen LogP contribution in [0.15, 0.2) is 48.8 Å². The second-order valence-electron chi connectivity index (χ2n) is 6.60. The van der Waals surface area contributed by atoms with Crippen LogP contribution in [0.4, 0.5) is 5.69 Å². The molecule has 0 fully saturated rings. The number of nitrogens with zero attached hydrogens (tertiary/aromatic N) is 3. The van der Waals surface area contributed by atoms with E-state index in [1.54, 1.807) is 19.2 Å². The first-order chi connectivity index (χ1) is 14.1. The van der Waals surface area contributed by atoms with Crippen LogP contribution < -0.4 is 5.32 Å². The van der Waals surface area contributed by atoms with Crippen LogP contribution in [0.5, 0.6) is 0 Å². The summed E-state index contributed by atoms with van der Waals surface area (Å²) in [4.78, 5) is 19.6. The highest BCUT2D eigenvalue weighted by Crippen LogP contribution is 2.36. The zero-order valence-electron chi connectivity index (χ0n) is 16.7. The minimum Gasteiger partial charge on any atom is -0.461 e. The number of pyridine rings is 1. The fraction of sp³-hybridized carbons (Fsp3) is 0.227. The summed E-state index contributed by atoms with van der Waals surface area (Å²) >= 11 is 0. The number of anilines is 1. The Morgan fingerprint density at radius 3 is 2.83 bits per heavy atom. The fourth-order valence-electron chi connectivity index (χ4n) is 3.40. The Balaban J connectivity index is 1.89. The number of nitrogens with one attached hydrogen (secondary N) is 2. The second kappa shape index (κ2) is 7.79. The summed E-state index contributed by atoms with van der Waals surface area (Å²) in [6.07, 6.45) is 3.77. The monoisotopic (exact) mass is 389 g/mol. The summed E-state index contributed by atoms with van der Waals surface area (Å²) in [5, 5.41) is 8.83.